The summed E-state index contributed by atoms with van der Waals surface area (Å²) in [7, 11) is 0. The summed E-state index contributed by atoms with van der Waals surface area (Å²) in [5.74, 6) is -2.03. The van der Waals surface area contributed by atoms with Crippen LogP contribution >= 0.6 is 0 Å². The van der Waals surface area contributed by atoms with Crippen LogP contribution in [-0.2, 0) is 11.8 Å². The van der Waals surface area contributed by atoms with Gasteiger partial charge in [-0.3, -0.25) is 0 Å². The highest BCUT2D eigenvalue weighted by atomic mass is 19.4. The maximum Gasteiger partial charge on any atom is 0.389 e. The van der Waals surface area contributed by atoms with Gasteiger partial charge in [-0.25, -0.2) is 23.7 Å². The molecule has 26 heavy (non-hydrogen) atoms. The summed E-state index contributed by atoms with van der Waals surface area (Å²) < 4.78 is 64.7. The average molecular weight is 377 g/mol. The first-order chi connectivity index (χ1) is 11.8. The predicted molar refractivity (Wildman–Crippen MR) is 86.5 cm³/mol. The number of fused-ring (bicyclic) bond motifs is 1. The van der Waals surface area contributed by atoms with E-state index in [0.29, 0.717) is 11.3 Å². The molecular formula is C16H20F5N5. The van der Waals surface area contributed by atoms with Crippen molar-refractivity contribution >= 4 is 17.0 Å². The second-order valence-corrected chi connectivity index (χ2v) is 7.65. The number of anilines is 1. The topological polar surface area (TPSA) is 57.7 Å². The number of hydrogen-bond donors (Lipinski definition) is 1. The zero-order valence-corrected chi connectivity index (χ0v) is 14.7. The van der Waals surface area contributed by atoms with Crippen LogP contribution in [-0.4, -0.2) is 45.1 Å². The molecule has 0 unspecified atom stereocenters. The number of imidazole rings is 1. The standard InChI is InChI=1S/C16H20F5N5/c1-14(2,3)13-24-11-10(22-9(23-11)4-5-16(19,20)21)12(25-13)26-7-6-15(17,18)8-26/h4-8H2,1-3H3,(H,22,23,24,25). The van der Waals surface area contributed by atoms with Crippen molar-refractivity contribution in [3.8, 4) is 0 Å². The maximum atomic E-state index is 13.6. The van der Waals surface area contributed by atoms with Crippen LogP contribution < -0.4 is 4.90 Å². The minimum Gasteiger partial charge on any atom is -0.348 e. The molecule has 0 radical (unpaired) electrons. The van der Waals surface area contributed by atoms with Gasteiger partial charge in [0.1, 0.15) is 17.2 Å². The second kappa shape index (κ2) is 6.02. The van der Waals surface area contributed by atoms with E-state index in [0.717, 1.165) is 0 Å². The van der Waals surface area contributed by atoms with Gasteiger partial charge in [-0.05, 0) is 0 Å². The van der Waals surface area contributed by atoms with Gasteiger partial charge in [0.25, 0.3) is 5.92 Å². The molecule has 0 aromatic carbocycles. The molecule has 0 spiro atoms. The van der Waals surface area contributed by atoms with Crippen molar-refractivity contribution in [3.63, 3.8) is 0 Å². The van der Waals surface area contributed by atoms with Gasteiger partial charge in [0.05, 0.1) is 13.0 Å². The average Bonchev–Trinajstić information content (AvgIpc) is 3.05. The van der Waals surface area contributed by atoms with E-state index in [-0.39, 0.29) is 36.7 Å². The SMILES string of the molecule is CC(C)(C)c1nc(N2CCC(F)(F)C2)c2[nH]c(CCC(F)(F)F)nc2n1. The van der Waals surface area contributed by atoms with E-state index >= 15 is 0 Å². The molecule has 0 aliphatic carbocycles. The molecule has 10 heteroatoms. The number of aromatic nitrogens is 4. The highest BCUT2D eigenvalue weighted by Crippen LogP contribution is 2.34. The van der Waals surface area contributed by atoms with Crippen molar-refractivity contribution in [1.29, 1.82) is 0 Å². The van der Waals surface area contributed by atoms with Crippen molar-refractivity contribution in [2.24, 2.45) is 0 Å². The molecule has 0 saturated carbocycles. The molecule has 0 atom stereocenters. The van der Waals surface area contributed by atoms with Crippen molar-refractivity contribution in [3.05, 3.63) is 11.6 Å². The van der Waals surface area contributed by atoms with E-state index in [1.54, 1.807) is 0 Å². The fourth-order valence-corrected chi connectivity index (χ4v) is 2.79. The van der Waals surface area contributed by atoms with E-state index in [4.69, 9.17) is 0 Å². The Morgan fingerprint density at radius 2 is 1.81 bits per heavy atom. The summed E-state index contributed by atoms with van der Waals surface area (Å²) in [6.07, 6.45) is -5.96. The summed E-state index contributed by atoms with van der Waals surface area (Å²) in [6.45, 7) is 5.23. The molecule has 144 valence electrons. The molecule has 1 aliphatic heterocycles. The van der Waals surface area contributed by atoms with Crippen molar-refractivity contribution in [1.82, 2.24) is 19.9 Å². The number of aryl methyl sites for hydroxylation is 1. The number of aromatic amines is 1. The Kier molecular flexibility index (Phi) is 4.35. The summed E-state index contributed by atoms with van der Waals surface area (Å²) >= 11 is 0. The lowest BCUT2D eigenvalue weighted by molar-refractivity contribution is -0.134. The first kappa shape index (κ1) is 18.8. The monoisotopic (exact) mass is 377 g/mol. The maximum absolute atomic E-state index is 13.6. The number of rotatable bonds is 3. The highest BCUT2D eigenvalue weighted by Gasteiger charge is 2.40. The van der Waals surface area contributed by atoms with Crippen molar-refractivity contribution < 1.29 is 22.0 Å². The normalized spacial score (nSPS) is 18.1. The minimum absolute atomic E-state index is 0.111. The third-order valence-electron chi connectivity index (χ3n) is 4.17. The van der Waals surface area contributed by atoms with Crippen molar-refractivity contribution in [2.75, 3.05) is 18.0 Å². The van der Waals surface area contributed by atoms with Crippen molar-refractivity contribution in [2.45, 2.75) is 57.5 Å². The van der Waals surface area contributed by atoms with Crippen LogP contribution in [0.3, 0.4) is 0 Å². The highest BCUT2D eigenvalue weighted by molar-refractivity contribution is 5.84. The van der Waals surface area contributed by atoms with E-state index < -0.39 is 30.5 Å². The van der Waals surface area contributed by atoms with E-state index in [1.807, 2.05) is 20.8 Å². The van der Waals surface area contributed by atoms with E-state index in [1.165, 1.54) is 4.90 Å². The molecule has 2 aromatic rings. The number of hydrogen-bond acceptors (Lipinski definition) is 4. The molecule has 3 rings (SSSR count). The Bertz CT molecular complexity index is 806. The minimum atomic E-state index is -4.30. The molecule has 0 amide bonds. The molecule has 3 heterocycles. The molecule has 2 aromatic heterocycles. The Hall–Kier alpha value is -2.00. The molecule has 5 nitrogen and oxygen atoms in total. The predicted octanol–water partition coefficient (Wildman–Crippen LogP) is 3.99. The number of nitrogens with one attached hydrogen (secondary N) is 1. The summed E-state index contributed by atoms with van der Waals surface area (Å²) in [6, 6.07) is 0. The summed E-state index contributed by atoms with van der Waals surface area (Å²) in [5.41, 5.74) is 0.0381. The van der Waals surface area contributed by atoms with Crippen LogP contribution in [0.1, 0.15) is 45.3 Å². The lowest BCUT2D eigenvalue weighted by Crippen LogP contribution is -2.27. The molecule has 1 N–H and O–H groups in total. The number of nitrogens with zero attached hydrogens (tertiary/aromatic N) is 4. The zero-order valence-electron chi connectivity index (χ0n) is 14.7. The molecule has 0 bridgehead atoms. The van der Waals surface area contributed by atoms with Gasteiger partial charge in [0, 0.05) is 24.8 Å². The Balaban J connectivity index is 2.04. The second-order valence-electron chi connectivity index (χ2n) is 7.65. The van der Waals surface area contributed by atoms with Gasteiger partial charge in [0.2, 0.25) is 0 Å². The molecule has 1 fully saturated rings. The van der Waals surface area contributed by atoms with Crippen LogP contribution in [0.2, 0.25) is 0 Å². The first-order valence-electron chi connectivity index (χ1n) is 8.31. The van der Waals surface area contributed by atoms with Gasteiger partial charge < -0.3 is 9.88 Å². The van der Waals surface area contributed by atoms with Gasteiger partial charge in [-0.1, -0.05) is 20.8 Å². The Morgan fingerprint density at radius 1 is 1.12 bits per heavy atom. The molecule has 1 saturated heterocycles. The number of H-pyrrole nitrogens is 1. The van der Waals surface area contributed by atoms with Gasteiger partial charge >= 0.3 is 6.18 Å². The lowest BCUT2D eigenvalue weighted by Gasteiger charge is -2.22. The largest absolute Gasteiger partial charge is 0.389 e. The van der Waals surface area contributed by atoms with Crippen LogP contribution in [0.15, 0.2) is 0 Å². The van der Waals surface area contributed by atoms with Crippen LogP contribution in [0.4, 0.5) is 27.8 Å². The lowest BCUT2D eigenvalue weighted by atomic mass is 9.96. The van der Waals surface area contributed by atoms with Crippen LogP contribution in [0, 0.1) is 0 Å². The summed E-state index contributed by atoms with van der Waals surface area (Å²) in [4.78, 5) is 17.1. The van der Waals surface area contributed by atoms with Gasteiger partial charge in [-0.2, -0.15) is 13.2 Å². The first-order valence-corrected chi connectivity index (χ1v) is 8.31. The Labute approximate surface area is 147 Å². The van der Waals surface area contributed by atoms with Gasteiger partial charge in [0.15, 0.2) is 11.5 Å². The van der Waals surface area contributed by atoms with E-state index in [2.05, 4.69) is 19.9 Å². The van der Waals surface area contributed by atoms with E-state index in [9.17, 15) is 22.0 Å². The smallest absolute Gasteiger partial charge is 0.348 e. The Morgan fingerprint density at radius 3 is 2.35 bits per heavy atom. The zero-order chi connectivity index (χ0) is 19.3. The third-order valence-corrected chi connectivity index (χ3v) is 4.17. The summed E-state index contributed by atoms with van der Waals surface area (Å²) in [5, 5.41) is 0. The van der Waals surface area contributed by atoms with Gasteiger partial charge in [-0.15, -0.1) is 0 Å². The number of alkyl halides is 5. The third kappa shape index (κ3) is 4.04. The quantitative estimate of drug-likeness (QED) is 0.822. The fraction of sp³-hybridized carbons (Fsp3) is 0.688. The molecule has 1 aliphatic rings. The molecular weight excluding hydrogens is 357 g/mol. The fourth-order valence-electron chi connectivity index (χ4n) is 2.79. The number of halogens is 5. The van der Waals surface area contributed by atoms with Crippen LogP contribution in [0.5, 0.6) is 0 Å². The van der Waals surface area contributed by atoms with Crippen LogP contribution in [0.25, 0.3) is 11.2 Å².